The number of aromatic amines is 1. The lowest BCUT2D eigenvalue weighted by atomic mass is 9.76. The lowest BCUT2D eigenvalue weighted by Crippen LogP contribution is -2.62. The first kappa shape index (κ1) is 29.8. The molecule has 0 amide bonds. The van der Waals surface area contributed by atoms with Gasteiger partial charge < -0.3 is 29.7 Å². The molecular formula is C30H40ClN7OS. The van der Waals surface area contributed by atoms with Crippen molar-refractivity contribution in [3.8, 4) is 12.3 Å². The Morgan fingerprint density at radius 1 is 1.30 bits per heavy atom. The first-order valence-electron chi connectivity index (χ1n) is 13.7. The van der Waals surface area contributed by atoms with Crippen molar-refractivity contribution in [2.45, 2.75) is 25.4 Å². The molecule has 1 atom stereocenters. The predicted molar refractivity (Wildman–Crippen MR) is 169 cm³/mol. The van der Waals surface area contributed by atoms with Crippen LogP contribution in [0.25, 0.3) is 10.9 Å². The van der Waals surface area contributed by atoms with E-state index in [0.717, 1.165) is 90.4 Å². The highest BCUT2D eigenvalue weighted by Crippen LogP contribution is 2.36. The number of hydrogen-bond donors (Lipinski definition) is 3. The fourth-order valence-corrected chi connectivity index (χ4v) is 6.23. The number of hydrogen-bond acceptors (Lipinski definition) is 7. The lowest BCUT2D eigenvalue weighted by Gasteiger charge is -2.51. The minimum atomic E-state index is -0.0774. The number of H-pyrrole nitrogens is 1. The first-order chi connectivity index (χ1) is 19.4. The molecule has 5 rings (SSSR count). The van der Waals surface area contributed by atoms with E-state index >= 15 is 0 Å². The molecule has 8 nitrogen and oxygen atoms in total. The Labute approximate surface area is 248 Å². The number of halogens is 1. The van der Waals surface area contributed by atoms with E-state index in [0.29, 0.717) is 19.7 Å². The Morgan fingerprint density at radius 3 is 2.77 bits per heavy atom. The van der Waals surface area contributed by atoms with Crippen LogP contribution in [0.15, 0.2) is 54.8 Å². The van der Waals surface area contributed by atoms with Crippen molar-refractivity contribution >= 4 is 45.7 Å². The summed E-state index contributed by atoms with van der Waals surface area (Å²) in [6.45, 7) is 16.4. The van der Waals surface area contributed by atoms with Crippen LogP contribution >= 0.6 is 23.8 Å². The standard InChI is InChI=1S/C28H36ClN7OS.C2H4/c1-4-9-30-17-26(38)36-19-28(7-11-35(12-8-28)27-31-10-13-37-27)18-34(3)20(2)32-25(36)16-23-15-21-14-22(29)5-6-24(21)33-23;1-2/h1,5-6,14-15,25,30,32-33H,2,7-13,16-19H2,3H3;1-2H2. The summed E-state index contributed by atoms with van der Waals surface area (Å²) >= 11 is 12.3. The Hall–Kier alpha value is -3.19. The van der Waals surface area contributed by atoms with Gasteiger partial charge in [0.15, 0.2) is 0 Å². The van der Waals surface area contributed by atoms with Gasteiger partial charge in [0, 0.05) is 73.2 Å². The van der Waals surface area contributed by atoms with Gasteiger partial charge in [0.05, 0.1) is 23.9 Å². The molecule has 3 aliphatic rings. The molecule has 1 aromatic carbocycles. The van der Waals surface area contributed by atoms with Crippen molar-refractivity contribution < 1.29 is 4.74 Å². The van der Waals surface area contributed by atoms with Crippen molar-refractivity contribution in [2.75, 3.05) is 59.5 Å². The maximum absolute atomic E-state index is 6.25. The van der Waals surface area contributed by atoms with Gasteiger partial charge in [-0.1, -0.05) is 36.3 Å². The van der Waals surface area contributed by atoms with Crippen molar-refractivity contribution in [1.29, 1.82) is 0 Å². The number of amidine groups is 1. The topological polar surface area (TPSA) is 71.2 Å². The van der Waals surface area contributed by atoms with Gasteiger partial charge in [0.2, 0.25) is 0 Å². The highest BCUT2D eigenvalue weighted by molar-refractivity contribution is 7.80. The molecule has 2 fully saturated rings. The molecule has 1 spiro atoms. The lowest BCUT2D eigenvalue weighted by molar-refractivity contribution is 0.0432. The quantitative estimate of drug-likeness (QED) is 0.215. The van der Waals surface area contributed by atoms with Gasteiger partial charge in [-0.2, -0.15) is 0 Å². The summed E-state index contributed by atoms with van der Waals surface area (Å²) in [7, 11) is 2.12. The van der Waals surface area contributed by atoms with E-state index in [1.807, 2.05) is 18.2 Å². The van der Waals surface area contributed by atoms with Crippen LogP contribution in [0.3, 0.4) is 0 Å². The zero-order valence-electron chi connectivity index (χ0n) is 23.3. The third kappa shape index (κ3) is 6.92. The summed E-state index contributed by atoms with van der Waals surface area (Å²) in [5.41, 5.74) is 2.22. The van der Waals surface area contributed by atoms with E-state index in [4.69, 9.17) is 35.0 Å². The second-order valence-corrected chi connectivity index (χ2v) is 11.4. The Balaban J connectivity index is 0.00000181. The Bertz CT molecular complexity index is 1280. The number of nitrogens with zero attached hydrogens (tertiary/aromatic N) is 4. The van der Waals surface area contributed by atoms with Crippen molar-refractivity contribution in [1.82, 2.24) is 30.3 Å². The molecule has 0 saturated carbocycles. The third-order valence-corrected chi connectivity index (χ3v) is 8.40. The molecule has 2 aromatic rings. The number of nitrogens with one attached hydrogen (secondary N) is 3. The third-order valence-electron chi connectivity index (χ3n) is 7.79. The second kappa shape index (κ2) is 13.4. The van der Waals surface area contributed by atoms with Crippen LogP contribution < -0.4 is 10.6 Å². The fourth-order valence-electron chi connectivity index (χ4n) is 5.75. The number of benzene rings is 1. The summed E-state index contributed by atoms with van der Waals surface area (Å²) in [6, 6.07) is 8.89. The van der Waals surface area contributed by atoms with Gasteiger partial charge in [0.1, 0.15) is 12.8 Å². The highest BCUT2D eigenvalue weighted by atomic mass is 35.5. The normalized spacial score (nSPS) is 20.5. The molecule has 1 aromatic heterocycles. The number of fused-ring (bicyclic) bond motifs is 1. The molecule has 10 heteroatoms. The Kier molecular flexibility index (Phi) is 10.0. The van der Waals surface area contributed by atoms with Crippen LogP contribution in [0, 0.1) is 17.8 Å². The zero-order chi connectivity index (χ0) is 28.7. The van der Waals surface area contributed by atoms with Crippen molar-refractivity contribution in [3.05, 3.63) is 60.5 Å². The van der Waals surface area contributed by atoms with Crippen molar-refractivity contribution in [3.63, 3.8) is 0 Å². The van der Waals surface area contributed by atoms with Crippen LogP contribution in [-0.2, 0) is 11.2 Å². The zero-order valence-corrected chi connectivity index (χ0v) is 24.9. The van der Waals surface area contributed by atoms with E-state index in [-0.39, 0.29) is 11.6 Å². The maximum Gasteiger partial charge on any atom is 0.287 e. The smallest absolute Gasteiger partial charge is 0.287 e. The number of terminal acetylenes is 1. The van der Waals surface area contributed by atoms with Crippen molar-refractivity contribution in [2.24, 2.45) is 10.4 Å². The van der Waals surface area contributed by atoms with Gasteiger partial charge in [-0.05, 0) is 37.1 Å². The molecule has 214 valence electrons. The molecule has 2 saturated heterocycles. The van der Waals surface area contributed by atoms with E-state index in [2.05, 4.69) is 74.1 Å². The minimum absolute atomic E-state index is 0.0395. The minimum Gasteiger partial charge on any atom is -0.463 e. The fraction of sp³-hybridized carbons (Fsp3) is 0.467. The summed E-state index contributed by atoms with van der Waals surface area (Å²) in [5.74, 6) is 3.54. The Morgan fingerprint density at radius 2 is 2.08 bits per heavy atom. The van der Waals surface area contributed by atoms with Gasteiger partial charge in [-0.15, -0.1) is 19.6 Å². The first-order valence-corrected chi connectivity index (χ1v) is 14.4. The summed E-state index contributed by atoms with van der Waals surface area (Å²) in [6.07, 6.45) is 8.17. The van der Waals surface area contributed by atoms with Gasteiger partial charge in [-0.25, -0.2) is 4.99 Å². The van der Waals surface area contributed by atoms with E-state index < -0.39 is 0 Å². The number of aliphatic imine (C=N–C) groups is 1. The van der Waals surface area contributed by atoms with E-state index in [1.54, 1.807) is 0 Å². The van der Waals surface area contributed by atoms with Crippen LogP contribution in [0.5, 0.6) is 0 Å². The summed E-state index contributed by atoms with van der Waals surface area (Å²) in [4.78, 5) is 15.9. The number of likely N-dealkylation sites (tertiary alicyclic amines) is 1. The van der Waals surface area contributed by atoms with Crippen LogP contribution in [0.4, 0.5) is 0 Å². The molecule has 3 aliphatic heterocycles. The maximum atomic E-state index is 6.25. The number of thiocarbonyl (C=S) groups is 1. The van der Waals surface area contributed by atoms with E-state index in [9.17, 15) is 0 Å². The monoisotopic (exact) mass is 581 g/mol. The average molecular weight is 582 g/mol. The van der Waals surface area contributed by atoms with Gasteiger partial charge >= 0.3 is 0 Å². The van der Waals surface area contributed by atoms with Gasteiger partial charge in [-0.3, -0.25) is 5.32 Å². The molecule has 0 radical (unpaired) electrons. The summed E-state index contributed by atoms with van der Waals surface area (Å²) < 4.78 is 5.76. The number of aromatic nitrogens is 1. The summed E-state index contributed by atoms with van der Waals surface area (Å²) in [5, 5.41) is 8.79. The number of piperidine rings is 1. The molecule has 0 aliphatic carbocycles. The largest absolute Gasteiger partial charge is 0.463 e. The van der Waals surface area contributed by atoms with Crippen LogP contribution in [-0.4, -0.2) is 96.3 Å². The van der Waals surface area contributed by atoms with Crippen LogP contribution in [0.2, 0.25) is 5.02 Å². The SMILES string of the molecule is C#CCNCC(=S)N1CC2(CCN(C3=NCCO3)CC2)CN(C)C(=C)NC1Cc1cc2cc(Cl)ccc2[nH]1.C=C. The number of rotatable bonds is 5. The second-order valence-electron chi connectivity index (χ2n) is 10.5. The predicted octanol–water partition coefficient (Wildman–Crippen LogP) is 3.82. The molecule has 3 N–H and O–H groups in total. The molecular weight excluding hydrogens is 542 g/mol. The average Bonchev–Trinajstić information content (AvgIpc) is 3.62. The molecule has 0 bridgehead atoms. The molecule has 40 heavy (non-hydrogen) atoms. The molecule has 1 unspecified atom stereocenters. The van der Waals surface area contributed by atoms with Gasteiger partial charge in [0.25, 0.3) is 6.02 Å². The van der Waals surface area contributed by atoms with E-state index in [1.165, 1.54) is 0 Å². The highest BCUT2D eigenvalue weighted by Gasteiger charge is 2.42. The molecule has 4 heterocycles. The number of ether oxygens (including phenoxy) is 1. The van der Waals surface area contributed by atoms with Crippen LogP contribution in [0.1, 0.15) is 18.5 Å².